The second-order valence-corrected chi connectivity index (χ2v) is 11.5. The van der Waals surface area contributed by atoms with Gasteiger partial charge in [-0.1, -0.05) is 80.6 Å². The van der Waals surface area contributed by atoms with Gasteiger partial charge in [0.1, 0.15) is 23.8 Å². The van der Waals surface area contributed by atoms with E-state index in [2.05, 4.69) is 15.6 Å². The Hall–Kier alpha value is -4.09. The summed E-state index contributed by atoms with van der Waals surface area (Å²) in [5, 5.41) is 21.4. The van der Waals surface area contributed by atoms with Crippen LogP contribution in [0.3, 0.4) is 0 Å². The average Bonchev–Trinajstić information content (AvgIpc) is 3.55. The van der Waals surface area contributed by atoms with Crippen molar-refractivity contribution in [3.05, 3.63) is 72.1 Å². The number of carbonyl (C=O) groups excluding carboxylic acids is 3. The van der Waals surface area contributed by atoms with Crippen molar-refractivity contribution in [3.63, 3.8) is 0 Å². The first-order valence-corrected chi connectivity index (χ1v) is 13.6. The van der Waals surface area contributed by atoms with Crippen LogP contribution in [-0.4, -0.2) is 74.6 Å². The largest absolute Gasteiger partial charge is 0.391 e. The molecule has 3 aromatic rings. The molecule has 0 bridgehead atoms. The van der Waals surface area contributed by atoms with Crippen LogP contribution in [0.2, 0.25) is 0 Å². The molecule has 0 radical (unpaired) electrons. The molecule has 1 fully saturated rings. The Bertz CT molecular complexity index is 1350. The molecule has 1 aliphatic rings. The highest BCUT2D eigenvalue weighted by Gasteiger charge is 2.45. The molecule has 1 aromatic heterocycles. The van der Waals surface area contributed by atoms with E-state index in [4.69, 9.17) is 10.5 Å². The maximum absolute atomic E-state index is 13.9. The van der Waals surface area contributed by atoms with Gasteiger partial charge in [0.25, 0.3) is 0 Å². The zero-order valence-corrected chi connectivity index (χ0v) is 23.9. The average molecular weight is 563 g/mol. The van der Waals surface area contributed by atoms with E-state index in [1.54, 1.807) is 13.3 Å². The molecular weight excluding hydrogens is 524 g/mol. The lowest BCUT2D eigenvalue weighted by Crippen LogP contribution is -2.54. The first-order chi connectivity index (χ1) is 19.5. The van der Waals surface area contributed by atoms with Gasteiger partial charge in [0, 0.05) is 26.5 Å². The van der Waals surface area contributed by atoms with Crippen molar-refractivity contribution in [2.24, 2.45) is 11.1 Å². The van der Waals surface area contributed by atoms with Crippen LogP contribution in [-0.2, 0) is 32.1 Å². The monoisotopic (exact) mass is 562 g/mol. The second kappa shape index (κ2) is 12.6. The molecule has 4 N–H and O–H groups in total. The Morgan fingerprint density at radius 2 is 1.76 bits per heavy atom. The number of methoxy groups -OCH3 is 1. The summed E-state index contributed by atoms with van der Waals surface area (Å²) < 4.78 is 6.59. The number of amides is 3. The number of β-amino-alcohol motifs (C(OH)–C–C–N with tert-alkyl or cyclic N) is 1. The molecule has 1 saturated heterocycles. The lowest BCUT2D eigenvalue weighted by molar-refractivity contribution is -0.144. The number of primary amides is 1. The summed E-state index contributed by atoms with van der Waals surface area (Å²) in [5.74, 6) is -1.62. The van der Waals surface area contributed by atoms with Crippen molar-refractivity contribution in [1.29, 1.82) is 0 Å². The van der Waals surface area contributed by atoms with Crippen molar-refractivity contribution in [1.82, 2.24) is 25.2 Å². The molecule has 4 atom stereocenters. The number of benzene rings is 2. The van der Waals surface area contributed by atoms with Crippen LogP contribution in [0.4, 0.5) is 0 Å². The van der Waals surface area contributed by atoms with Gasteiger partial charge in [0.15, 0.2) is 0 Å². The molecular formula is C30H38N6O5. The van der Waals surface area contributed by atoms with E-state index in [9.17, 15) is 19.5 Å². The summed E-state index contributed by atoms with van der Waals surface area (Å²) in [6, 6.07) is 14.8. The molecule has 0 spiro atoms. The molecule has 2 unspecified atom stereocenters. The smallest absolute Gasteiger partial charge is 0.248 e. The molecule has 2 aromatic carbocycles. The van der Waals surface area contributed by atoms with Crippen LogP contribution in [0.15, 0.2) is 60.8 Å². The van der Waals surface area contributed by atoms with Gasteiger partial charge in [-0.05, 0) is 22.1 Å². The third-order valence-electron chi connectivity index (χ3n) is 7.19. The van der Waals surface area contributed by atoms with Crippen LogP contribution in [0.5, 0.6) is 0 Å². The predicted molar refractivity (Wildman–Crippen MR) is 152 cm³/mol. The Labute approximate surface area is 239 Å². The van der Waals surface area contributed by atoms with E-state index in [0.717, 1.165) is 16.7 Å². The Morgan fingerprint density at radius 1 is 1.10 bits per heavy atom. The maximum Gasteiger partial charge on any atom is 0.248 e. The third kappa shape index (κ3) is 7.17. The zero-order valence-electron chi connectivity index (χ0n) is 23.9. The fourth-order valence-electron chi connectivity index (χ4n) is 5.19. The number of rotatable bonds is 10. The normalized spacial score (nSPS) is 18.6. The van der Waals surface area contributed by atoms with E-state index < -0.39 is 41.5 Å². The molecule has 218 valence electrons. The highest BCUT2D eigenvalue weighted by molar-refractivity contribution is 5.93. The van der Waals surface area contributed by atoms with E-state index >= 15 is 0 Å². The molecule has 11 heteroatoms. The minimum Gasteiger partial charge on any atom is -0.391 e. The number of ether oxygens (including phenoxy) is 1. The maximum atomic E-state index is 13.9. The van der Waals surface area contributed by atoms with Crippen molar-refractivity contribution in [3.8, 4) is 11.1 Å². The Kier molecular flexibility index (Phi) is 9.19. The SMILES string of the molecule is COCc1cn(C(C(=O)N2C[C@H](O)C[C@H]2C(=O)NC(Cc2ccc(-c3ccccc3)cc2)C(N)=O)C(C)(C)C)nn1. The predicted octanol–water partition coefficient (Wildman–Crippen LogP) is 1.85. The molecule has 3 amide bonds. The van der Waals surface area contributed by atoms with Crippen molar-refractivity contribution < 1.29 is 24.2 Å². The summed E-state index contributed by atoms with van der Waals surface area (Å²) in [5.41, 5.74) is 8.55. The van der Waals surface area contributed by atoms with Gasteiger partial charge < -0.3 is 25.8 Å². The summed E-state index contributed by atoms with van der Waals surface area (Å²) in [6.07, 6.45) is 0.974. The minimum atomic E-state index is -0.995. The van der Waals surface area contributed by atoms with E-state index in [1.165, 1.54) is 9.58 Å². The minimum absolute atomic E-state index is 0.0225. The van der Waals surface area contributed by atoms with Gasteiger partial charge in [-0.25, -0.2) is 4.68 Å². The van der Waals surface area contributed by atoms with Crippen molar-refractivity contribution in [2.45, 2.75) is 64.4 Å². The van der Waals surface area contributed by atoms with Crippen molar-refractivity contribution in [2.75, 3.05) is 13.7 Å². The number of aromatic nitrogens is 3. The topological polar surface area (TPSA) is 153 Å². The van der Waals surface area contributed by atoms with Crippen LogP contribution in [0.1, 0.15) is 44.5 Å². The fraction of sp³-hybridized carbons (Fsp3) is 0.433. The van der Waals surface area contributed by atoms with Crippen molar-refractivity contribution >= 4 is 17.7 Å². The van der Waals surface area contributed by atoms with Gasteiger partial charge in [-0.3, -0.25) is 14.4 Å². The first-order valence-electron chi connectivity index (χ1n) is 13.6. The van der Waals surface area contributed by atoms with Gasteiger partial charge >= 0.3 is 0 Å². The number of likely N-dealkylation sites (tertiary alicyclic amines) is 1. The van der Waals surface area contributed by atoms with Gasteiger partial charge in [-0.2, -0.15) is 0 Å². The van der Waals surface area contributed by atoms with Crippen LogP contribution >= 0.6 is 0 Å². The fourth-order valence-corrected chi connectivity index (χ4v) is 5.19. The van der Waals surface area contributed by atoms with Crippen LogP contribution < -0.4 is 11.1 Å². The van der Waals surface area contributed by atoms with E-state index in [0.29, 0.717) is 5.69 Å². The molecule has 11 nitrogen and oxygen atoms in total. The highest BCUT2D eigenvalue weighted by atomic mass is 16.5. The summed E-state index contributed by atoms with van der Waals surface area (Å²) >= 11 is 0. The third-order valence-corrected chi connectivity index (χ3v) is 7.19. The Morgan fingerprint density at radius 3 is 2.37 bits per heavy atom. The number of aliphatic hydroxyl groups is 1. The van der Waals surface area contributed by atoms with Gasteiger partial charge in [-0.15, -0.1) is 5.10 Å². The number of hydrogen-bond acceptors (Lipinski definition) is 7. The zero-order chi connectivity index (χ0) is 29.7. The molecule has 0 saturated carbocycles. The molecule has 0 aliphatic carbocycles. The first kappa shape index (κ1) is 29.9. The Balaban J connectivity index is 1.50. The second-order valence-electron chi connectivity index (χ2n) is 11.5. The number of aliphatic hydroxyl groups excluding tert-OH is 1. The number of nitrogens with two attached hydrogens (primary N) is 1. The lowest BCUT2D eigenvalue weighted by atomic mass is 9.85. The summed E-state index contributed by atoms with van der Waals surface area (Å²) in [4.78, 5) is 41.1. The lowest BCUT2D eigenvalue weighted by Gasteiger charge is -2.34. The van der Waals surface area contributed by atoms with Gasteiger partial charge in [0.2, 0.25) is 17.7 Å². The molecule has 4 rings (SSSR count). The van der Waals surface area contributed by atoms with E-state index in [1.807, 2.05) is 75.4 Å². The number of nitrogens with one attached hydrogen (secondary N) is 1. The number of nitrogens with zero attached hydrogens (tertiary/aromatic N) is 4. The van der Waals surface area contributed by atoms with Crippen LogP contribution in [0, 0.1) is 5.41 Å². The molecule has 41 heavy (non-hydrogen) atoms. The molecule has 1 aliphatic heterocycles. The van der Waals surface area contributed by atoms with E-state index in [-0.39, 0.29) is 31.9 Å². The summed E-state index contributed by atoms with van der Waals surface area (Å²) in [6.45, 7) is 5.89. The highest BCUT2D eigenvalue weighted by Crippen LogP contribution is 2.34. The summed E-state index contributed by atoms with van der Waals surface area (Å²) in [7, 11) is 1.54. The van der Waals surface area contributed by atoms with Crippen LogP contribution in [0.25, 0.3) is 11.1 Å². The number of carbonyl (C=O) groups is 3. The quantitative estimate of drug-likeness (QED) is 0.341. The standard InChI is InChI=1S/C30H38N6O5/c1-30(2,3)26(36-16-22(18-41-4)33-34-36)29(40)35-17-23(37)15-25(35)28(39)32-24(27(31)38)14-19-10-12-21(13-11-19)20-8-6-5-7-9-20/h5-13,16,23-26,37H,14-15,17-18H2,1-4H3,(H2,31,38)(H,32,39)/t23-,24?,25+,26?/m1/s1. The van der Waals surface area contributed by atoms with Gasteiger partial charge in [0.05, 0.1) is 18.9 Å². The number of hydrogen-bond donors (Lipinski definition) is 3. The molecule has 2 heterocycles.